The predicted molar refractivity (Wildman–Crippen MR) is 54.1 cm³/mol. The van der Waals surface area contributed by atoms with Crippen molar-refractivity contribution in [1.29, 1.82) is 0 Å². The molecule has 1 aliphatic heterocycles. The molecule has 2 atom stereocenters. The molecule has 0 amide bonds. The van der Waals surface area contributed by atoms with E-state index in [2.05, 4.69) is 0 Å². The molecule has 2 unspecified atom stereocenters. The molecule has 6 heteroatoms. The van der Waals surface area contributed by atoms with Crippen LogP contribution in [0.1, 0.15) is 6.92 Å². The van der Waals surface area contributed by atoms with Crippen LogP contribution >= 0.6 is 11.8 Å². The van der Waals surface area contributed by atoms with Crippen molar-refractivity contribution in [2.75, 3.05) is 23.8 Å². The van der Waals surface area contributed by atoms with Gasteiger partial charge in [0, 0.05) is 23.8 Å². The van der Waals surface area contributed by atoms with E-state index < -0.39 is 23.0 Å². The van der Waals surface area contributed by atoms with Crippen molar-refractivity contribution >= 4 is 28.7 Å². The fourth-order valence-corrected chi connectivity index (χ4v) is 3.52. The van der Waals surface area contributed by atoms with Gasteiger partial charge in [-0.1, -0.05) is 6.92 Å². The van der Waals surface area contributed by atoms with Crippen LogP contribution in [0.5, 0.6) is 0 Å². The number of nitrogens with zero attached hydrogens (tertiary/aromatic N) is 1. The van der Waals surface area contributed by atoms with Crippen molar-refractivity contribution in [2.24, 2.45) is 0 Å². The second kappa shape index (κ2) is 4.97. The summed E-state index contributed by atoms with van der Waals surface area (Å²) in [7, 11) is -1.12. The van der Waals surface area contributed by atoms with Gasteiger partial charge in [0.2, 0.25) is 0 Å². The van der Waals surface area contributed by atoms with E-state index >= 15 is 0 Å². The van der Waals surface area contributed by atoms with Gasteiger partial charge in [0.05, 0.1) is 11.0 Å². The smallest absolute Gasteiger partial charge is 0.322 e. The third-order valence-corrected chi connectivity index (χ3v) is 4.35. The van der Waals surface area contributed by atoms with Gasteiger partial charge >= 0.3 is 5.97 Å². The Morgan fingerprint density at radius 1 is 1.77 bits per heavy atom. The number of carbonyl (C=O) groups is 1. The highest BCUT2D eigenvalue weighted by atomic mass is 32.2. The summed E-state index contributed by atoms with van der Waals surface area (Å²) in [5, 5.41) is 8.86. The Balaban J connectivity index is 2.67. The van der Waals surface area contributed by atoms with Gasteiger partial charge in [-0.15, -0.1) is 0 Å². The van der Waals surface area contributed by atoms with Crippen molar-refractivity contribution in [3.63, 3.8) is 0 Å². The quantitative estimate of drug-likeness (QED) is 0.741. The van der Waals surface area contributed by atoms with E-state index in [1.54, 1.807) is 23.0 Å². The Morgan fingerprint density at radius 2 is 2.46 bits per heavy atom. The van der Waals surface area contributed by atoms with Crippen molar-refractivity contribution in [1.82, 2.24) is 4.31 Å². The van der Waals surface area contributed by atoms with Crippen molar-refractivity contribution in [2.45, 2.75) is 13.0 Å². The van der Waals surface area contributed by atoms with E-state index in [0.29, 0.717) is 18.1 Å². The Morgan fingerprint density at radius 3 is 3.00 bits per heavy atom. The van der Waals surface area contributed by atoms with Crippen molar-refractivity contribution < 1.29 is 14.1 Å². The Hall–Kier alpha value is -0.0700. The maximum absolute atomic E-state index is 11.4. The zero-order chi connectivity index (χ0) is 9.84. The molecule has 0 radical (unpaired) electrons. The van der Waals surface area contributed by atoms with E-state index in [1.165, 1.54) is 0 Å². The van der Waals surface area contributed by atoms with E-state index in [4.69, 9.17) is 5.11 Å². The molecule has 0 aromatic carbocycles. The molecule has 0 aromatic heterocycles. The minimum absolute atomic E-state index is 0.494. The fourth-order valence-electron chi connectivity index (χ4n) is 1.19. The standard InChI is InChI=1S/C7H13NO3S2/c1-2-13(11)8-3-4-12-5-6(8)7(9)10/h6H,2-5H2,1H3,(H,9,10). The molecule has 1 N–H and O–H groups in total. The van der Waals surface area contributed by atoms with Gasteiger partial charge in [-0.05, 0) is 0 Å². The van der Waals surface area contributed by atoms with Gasteiger partial charge in [-0.3, -0.25) is 4.79 Å². The lowest BCUT2D eigenvalue weighted by atomic mass is 10.3. The number of hydrogen-bond acceptors (Lipinski definition) is 3. The highest BCUT2D eigenvalue weighted by Crippen LogP contribution is 2.18. The zero-order valence-electron chi connectivity index (χ0n) is 7.43. The molecule has 0 saturated carbocycles. The third-order valence-electron chi connectivity index (χ3n) is 1.87. The van der Waals surface area contributed by atoms with Gasteiger partial charge in [-0.25, -0.2) is 8.51 Å². The molecule has 1 rings (SSSR count). The summed E-state index contributed by atoms with van der Waals surface area (Å²) in [6.07, 6.45) is 0. The molecule has 0 bridgehead atoms. The summed E-state index contributed by atoms with van der Waals surface area (Å²) < 4.78 is 13.0. The first-order chi connectivity index (χ1) is 6.16. The first-order valence-electron chi connectivity index (χ1n) is 4.12. The second-order valence-electron chi connectivity index (χ2n) is 2.68. The lowest BCUT2D eigenvalue weighted by molar-refractivity contribution is -0.140. The van der Waals surface area contributed by atoms with E-state index in [0.717, 1.165) is 5.75 Å². The van der Waals surface area contributed by atoms with E-state index in [1.807, 2.05) is 0 Å². The van der Waals surface area contributed by atoms with Gasteiger partial charge in [-0.2, -0.15) is 11.8 Å². The van der Waals surface area contributed by atoms with Crippen molar-refractivity contribution in [3.8, 4) is 0 Å². The number of rotatable bonds is 3. The Labute approximate surface area is 84.3 Å². The largest absolute Gasteiger partial charge is 0.480 e. The van der Waals surface area contributed by atoms with Crippen LogP contribution in [0, 0.1) is 0 Å². The molecular weight excluding hydrogens is 210 g/mol. The summed E-state index contributed by atoms with van der Waals surface area (Å²) in [6.45, 7) is 2.42. The average molecular weight is 223 g/mol. The zero-order valence-corrected chi connectivity index (χ0v) is 9.07. The van der Waals surface area contributed by atoms with Gasteiger partial charge in [0.1, 0.15) is 6.04 Å². The molecule has 1 fully saturated rings. The van der Waals surface area contributed by atoms with Crippen LogP contribution in [0.15, 0.2) is 0 Å². The molecular formula is C7H13NO3S2. The molecule has 1 heterocycles. The first kappa shape index (κ1) is 11.0. The predicted octanol–water partition coefficient (Wildman–Crippen LogP) is 0.172. The van der Waals surface area contributed by atoms with Gasteiger partial charge in [0.15, 0.2) is 0 Å². The molecule has 13 heavy (non-hydrogen) atoms. The molecule has 4 nitrogen and oxygen atoms in total. The normalized spacial score (nSPS) is 27.0. The highest BCUT2D eigenvalue weighted by Gasteiger charge is 2.31. The second-order valence-corrected chi connectivity index (χ2v) is 5.52. The summed E-state index contributed by atoms with van der Waals surface area (Å²) in [5.41, 5.74) is 0. The maximum Gasteiger partial charge on any atom is 0.322 e. The third kappa shape index (κ3) is 2.69. The topological polar surface area (TPSA) is 57.6 Å². The first-order valence-corrected chi connectivity index (χ1v) is 6.55. The van der Waals surface area contributed by atoms with E-state index in [9.17, 15) is 9.00 Å². The fraction of sp³-hybridized carbons (Fsp3) is 0.857. The minimum atomic E-state index is -1.12. The van der Waals surface area contributed by atoms with Gasteiger partial charge < -0.3 is 5.11 Å². The Kier molecular flexibility index (Phi) is 4.21. The highest BCUT2D eigenvalue weighted by molar-refractivity contribution is 7.99. The number of carboxylic acids is 1. The van der Waals surface area contributed by atoms with E-state index in [-0.39, 0.29) is 0 Å². The van der Waals surface area contributed by atoms with Crippen LogP contribution in [-0.2, 0) is 15.8 Å². The summed E-state index contributed by atoms with van der Waals surface area (Å²) in [6, 6.07) is -0.570. The SMILES string of the molecule is CCS(=O)N1CCSCC1C(=O)O. The lowest BCUT2D eigenvalue weighted by Crippen LogP contribution is -2.48. The van der Waals surface area contributed by atoms with Crippen LogP contribution in [0.25, 0.3) is 0 Å². The number of aliphatic carboxylic acids is 1. The Bertz CT molecular complexity index is 222. The summed E-state index contributed by atoms with van der Waals surface area (Å²) in [5.74, 6) is 1.04. The average Bonchev–Trinajstić information content (AvgIpc) is 2.16. The maximum atomic E-state index is 11.4. The molecule has 0 aliphatic carbocycles. The molecule has 76 valence electrons. The molecule has 1 aliphatic rings. The van der Waals surface area contributed by atoms with Crippen molar-refractivity contribution in [3.05, 3.63) is 0 Å². The van der Waals surface area contributed by atoms with Crippen LogP contribution in [-0.4, -0.2) is 49.4 Å². The minimum Gasteiger partial charge on any atom is -0.480 e. The van der Waals surface area contributed by atoms with Crippen LogP contribution in [0.3, 0.4) is 0 Å². The van der Waals surface area contributed by atoms with Crippen LogP contribution < -0.4 is 0 Å². The summed E-state index contributed by atoms with van der Waals surface area (Å²) in [4.78, 5) is 10.8. The van der Waals surface area contributed by atoms with Crippen LogP contribution in [0.2, 0.25) is 0 Å². The lowest BCUT2D eigenvalue weighted by Gasteiger charge is -2.30. The van der Waals surface area contributed by atoms with Crippen LogP contribution in [0.4, 0.5) is 0 Å². The molecule has 1 saturated heterocycles. The number of hydrogen-bond donors (Lipinski definition) is 1. The monoisotopic (exact) mass is 223 g/mol. The number of thioether (sulfide) groups is 1. The number of carboxylic acid groups (broad SMARTS) is 1. The van der Waals surface area contributed by atoms with Gasteiger partial charge in [0.25, 0.3) is 0 Å². The summed E-state index contributed by atoms with van der Waals surface area (Å²) >= 11 is 1.61. The molecule has 0 spiro atoms. The molecule has 0 aromatic rings.